The fraction of sp³-hybridized carbons (Fsp3) is 0. The molecule has 0 aliphatic carbocycles. The zero-order chi connectivity index (χ0) is 2.71. The first-order valence-corrected chi connectivity index (χ1v) is 0.333. The molecule has 0 aliphatic rings. The molecule has 0 unspecified atom stereocenters. The Balaban J connectivity index is 0. The van der Waals surface area contributed by atoms with Gasteiger partial charge >= 0.3 is 0 Å². The van der Waals surface area contributed by atoms with Crippen molar-refractivity contribution in [3.05, 3.63) is 9.71 Å². The minimum absolute atomic E-state index is 0. The fourth-order valence-corrected chi connectivity index (χ4v) is 0. The van der Waals surface area contributed by atoms with Gasteiger partial charge in [-0.15, -0.1) is 0 Å². The molecular weight excluding hydrogens is 87.9 g/mol. The summed E-state index contributed by atoms with van der Waals surface area (Å²) in [6.07, 6.45) is 0. The minimum atomic E-state index is 0. The van der Waals surface area contributed by atoms with Crippen molar-refractivity contribution in [1.29, 1.82) is 0 Å². The van der Waals surface area contributed by atoms with Gasteiger partial charge in [-0.25, -0.2) is 0 Å². The smallest absolute Gasteiger partial charge is 0.0772 e. The summed E-state index contributed by atoms with van der Waals surface area (Å²) in [6, 6.07) is 0. The Morgan fingerprint density at radius 3 is 1.75 bits per heavy atom. The molecule has 26 valence electrons. The summed E-state index contributed by atoms with van der Waals surface area (Å²) in [7, 11) is 0. The van der Waals surface area contributed by atoms with Gasteiger partial charge in [-0.3, -0.25) is 0 Å². The molecule has 0 rings (SSSR count). The zero-order valence-corrected chi connectivity index (χ0v) is 2.29. The van der Waals surface area contributed by atoms with Gasteiger partial charge < -0.3 is 0 Å². The molecule has 0 N–H and O–H groups in total. The Morgan fingerprint density at radius 1 is 1.75 bits per heavy atom. The van der Waals surface area contributed by atoms with E-state index in [0.717, 1.165) is 0 Å². The van der Waals surface area contributed by atoms with Gasteiger partial charge in [-0.2, -0.15) is 0 Å². The molecule has 0 fully saturated rings. The first-order valence-electron chi connectivity index (χ1n) is 0.333. The average molecular weight is 87.9 g/mol. The molecule has 0 heterocycles. The normalized spacial score (nSPS) is 3.00. The van der Waals surface area contributed by atoms with Crippen molar-refractivity contribution in [2.24, 2.45) is 0 Å². The van der Waals surface area contributed by atoms with Crippen LogP contribution in [0.5, 0.6) is 0 Å². The summed E-state index contributed by atoms with van der Waals surface area (Å²) >= 11 is 0. The number of hydrogen-bond donors (Lipinski definition) is 0. The predicted molar refractivity (Wildman–Crippen MR) is 6.73 cm³/mol. The standard InChI is InChI=1S/Ar.O3/c;1-3-2. The predicted octanol–water partition coefficient (Wildman–Crippen LogP) is -1.12. The van der Waals surface area contributed by atoms with Crippen molar-refractivity contribution in [3.63, 3.8) is 0 Å². The molecule has 4 heteroatoms. The quantitative estimate of drug-likeness (QED) is 0.214. The molecule has 4 heavy (non-hydrogen) atoms. The Morgan fingerprint density at radius 2 is 1.75 bits per heavy atom. The third-order valence-corrected chi connectivity index (χ3v) is 0. The van der Waals surface area contributed by atoms with E-state index in [1.165, 1.54) is 0 Å². The third-order valence-electron chi connectivity index (χ3n) is 0. The molecule has 0 saturated heterocycles. The monoisotopic (exact) mass is 87.9 g/mol. The van der Waals surface area contributed by atoms with E-state index in [0.29, 0.717) is 0 Å². The first-order chi connectivity index (χ1) is 1.41. The van der Waals surface area contributed by atoms with Crippen LogP contribution in [-0.2, 0) is 0 Å². The van der Waals surface area contributed by atoms with Crippen LogP contribution in [-0.4, -0.2) is 0 Å². The molecule has 0 aromatic carbocycles. The maximum absolute atomic E-state index is 7.88. The van der Waals surface area contributed by atoms with E-state index in [9.17, 15) is 0 Å². The Kier molecular flexibility index (Phi) is 20.7. The molecule has 0 aromatic heterocycles. The number of rotatable bonds is 0. The van der Waals surface area contributed by atoms with E-state index < -0.39 is 0 Å². The Hall–Kier alpha value is 0.660. The largest absolute Gasteiger partial charge is 0.154 e. The van der Waals surface area contributed by atoms with Gasteiger partial charge in [0.15, 0.2) is 4.75 Å². The van der Waals surface area contributed by atoms with Gasteiger partial charge in [0.2, 0.25) is 0 Å². The summed E-state index contributed by atoms with van der Waals surface area (Å²) in [5.74, 6) is 0. The first kappa shape index (κ1) is 8.82. The molecule has 0 aliphatic heterocycles. The molecule has 0 bridgehead atoms. The van der Waals surface area contributed by atoms with E-state index in [2.05, 4.69) is 0 Å². The minimum Gasteiger partial charge on any atom is -0.0772 e. The van der Waals surface area contributed by atoms with E-state index in [-0.39, 0.29) is 37.7 Å². The second-order valence-corrected chi connectivity index (χ2v) is 0.0680. The van der Waals surface area contributed by atoms with E-state index >= 15 is 0 Å². The van der Waals surface area contributed by atoms with Crippen LogP contribution in [0.2, 0.25) is 0 Å². The number of hydrogen-bond acceptors (Lipinski definition) is 2. The summed E-state index contributed by atoms with van der Waals surface area (Å²) in [6.45, 7) is 0. The molecule has 0 saturated carbocycles. The molecule has 0 amide bonds. The van der Waals surface area contributed by atoms with Crippen molar-refractivity contribution in [1.82, 2.24) is 0 Å². The van der Waals surface area contributed by atoms with Gasteiger partial charge in [0.1, 0.15) is 0 Å². The summed E-state index contributed by atoms with van der Waals surface area (Å²) < 4.78 is 1.75. The summed E-state index contributed by atoms with van der Waals surface area (Å²) in [5, 5.41) is 7.88. The second kappa shape index (κ2) is 9.40. The maximum atomic E-state index is 7.88. The Labute approximate surface area is 52.5 Å². The molecule has 0 spiro atoms. The van der Waals surface area contributed by atoms with Crippen LogP contribution in [0.4, 0.5) is 0 Å². The van der Waals surface area contributed by atoms with Crippen LogP contribution < -0.4 is 5.26 Å². The van der Waals surface area contributed by atoms with Crippen LogP contribution >= 0.6 is 0 Å². The van der Waals surface area contributed by atoms with Crippen molar-refractivity contribution >= 4 is 0 Å². The van der Waals surface area contributed by atoms with Crippen LogP contribution in [0.25, 0.3) is 0 Å². The second-order valence-electron chi connectivity index (χ2n) is 0.0680. The summed E-state index contributed by atoms with van der Waals surface area (Å²) in [5.41, 5.74) is 0. The van der Waals surface area contributed by atoms with Crippen LogP contribution in [0.3, 0.4) is 0 Å². The van der Waals surface area contributed by atoms with Gasteiger partial charge in [-0.1, -0.05) is 10.2 Å². The fourth-order valence-electron chi connectivity index (χ4n) is 0. The van der Waals surface area contributed by atoms with Crippen LogP contribution in [0.1, 0.15) is 0 Å². The van der Waals surface area contributed by atoms with E-state index in [1.807, 2.05) is 0 Å². The van der Waals surface area contributed by atoms with Crippen LogP contribution in [0, 0.1) is 47.4 Å². The van der Waals surface area contributed by atoms with Crippen LogP contribution in [0.15, 0.2) is 0 Å². The third kappa shape index (κ3) is 16.8. The molecule has 0 atom stereocenters. The summed E-state index contributed by atoms with van der Waals surface area (Å²) in [4.78, 5) is 7.88. The van der Waals surface area contributed by atoms with Gasteiger partial charge in [0, 0.05) is 37.7 Å². The molecule has 0 aromatic rings. The molecule has 3 nitrogen and oxygen atoms in total. The van der Waals surface area contributed by atoms with Gasteiger partial charge in [0.05, 0.1) is 0 Å². The average Bonchev–Trinajstić information content (AvgIpc) is 0.918. The van der Waals surface area contributed by atoms with Crippen molar-refractivity contribution in [3.8, 4) is 0 Å². The SMILES string of the molecule is O=[O+][O-].[Ar]. The van der Waals surface area contributed by atoms with Gasteiger partial charge in [-0.05, 0) is 0 Å². The van der Waals surface area contributed by atoms with E-state index in [1.54, 1.807) is 4.75 Å². The van der Waals surface area contributed by atoms with Crippen molar-refractivity contribution < 1.29 is 43.0 Å². The van der Waals surface area contributed by atoms with Crippen molar-refractivity contribution in [2.75, 3.05) is 0 Å². The molecular formula is ArO3. The Bertz CT molecular complexity index is 10.8. The van der Waals surface area contributed by atoms with Gasteiger partial charge in [0.25, 0.3) is 0 Å². The maximum Gasteiger partial charge on any atom is 0.154 e. The van der Waals surface area contributed by atoms with Crippen molar-refractivity contribution in [2.45, 2.75) is 0 Å². The topological polar surface area (TPSA) is 51.4 Å². The zero-order valence-electron chi connectivity index (χ0n) is 1.58. The van der Waals surface area contributed by atoms with E-state index in [4.69, 9.17) is 10.2 Å². The molecule has 0 radical (unpaired) electrons.